The Bertz CT molecular complexity index is 599. The quantitative estimate of drug-likeness (QED) is 0.827. The van der Waals surface area contributed by atoms with Crippen LogP contribution < -0.4 is 15.2 Å². The van der Waals surface area contributed by atoms with Crippen LogP contribution in [0.4, 0.5) is 10.1 Å². The molecule has 20 heavy (non-hydrogen) atoms. The lowest BCUT2D eigenvalue weighted by Crippen LogP contribution is -2.01. The van der Waals surface area contributed by atoms with E-state index >= 15 is 0 Å². The summed E-state index contributed by atoms with van der Waals surface area (Å²) in [4.78, 5) is 0. The van der Waals surface area contributed by atoms with Gasteiger partial charge >= 0.3 is 0 Å². The first-order valence-electron chi connectivity index (χ1n) is 6.57. The summed E-state index contributed by atoms with van der Waals surface area (Å²) in [7, 11) is 0. The van der Waals surface area contributed by atoms with E-state index in [2.05, 4.69) is 0 Å². The molecule has 2 rings (SSSR count). The molecule has 4 heteroatoms. The van der Waals surface area contributed by atoms with Crippen molar-refractivity contribution in [2.75, 3.05) is 12.3 Å². The number of benzene rings is 2. The molecule has 0 aliphatic heterocycles. The molecule has 3 nitrogen and oxygen atoms in total. The minimum atomic E-state index is -0.345. The first-order chi connectivity index (χ1) is 9.61. The lowest BCUT2D eigenvalue weighted by atomic mass is 10.2. The highest BCUT2D eigenvalue weighted by Gasteiger charge is 2.10. The van der Waals surface area contributed by atoms with Crippen molar-refractivity contribution in [1.82, 2.24) is 0 Å². The van der Waals surface area contributed by atoms with Crippen LogP contribution in [0.25, 0.3) is 0 Å². The highest BCUT2D eigenvalue weighted by Crippen LogP contribution is 2.35. The lowest BCUT2D eigenvalue weighted by Gasteiger charge is -2.14. The summed E-state index contributed by atoms with van der Waals surface area (Å²) in [5.74, 6) is 1.15. The largest absolute Gasteiger partial charge is 0.491 e. The minimum Gasteiger partial charge on any atom is -0.491 e. The van der Waals surface area contributed by atoms with Crippen LogP contribution in [0.15, 0.2) is 36.4 Å². The smallest absolute Gasteiger partial charge is 0.154 e. The second kappa shape index (κ2) is 6.28. The third-order valence-electron chi connectivity index (χ3n) is 2.86. The zero-order valence-corrected chi connectivity index (χ0v) is 11.7. The Hall–Kier alpha value is -2.23. The number of halogens is 1. The van der Waals surface area contributed by atoms with Crippen molar-refractivity contribution in [2.45, 2.75) is 20.3 Å². The Morgan fingerprint density at radius 2 is 1.85 bits per heavy atom. The van der Waals surface area contributed by atoms with Crippen LogP contribution in [0.2, 0.25) is 0 Å². The zero-order valence-electron chi connectivity index (χ0n) is 11.7. The lowest BCUT2D eigenvalue weighted by molar-refractivity contribution is 0.318. The summed E-state index contributed by atoms with van der Waals surface area (Å²) in [6, 6.07) is 9.72. The van der Waals surface area contributed by atoms with Gasteiger partial charge in [0, 0.05) is 6.07 Å². The van der Waals surface area contributed by atoms with Crippen LogP contribution in [-0.4, -0.2) is 6.61 Å². The molecule has 0 atom stereocenters. The predicted molar refractivity (Wildman–Crippen MR) is 77.9 cm³/mol. The van der Waals surface area contributed by atoms with Gasteiger partial charge in [-0.05, 0) is 37.1 Å². The zero-order chi connectivity index (χ0) is 14.5. The molecule has 0 unspecified atom stereocenters. The van der Waals surface area contributed by atoms with Crippen molar-refractivity contribution in [2.24, 2.45) is 0 Å². The van der Waals surface area contributed by atoms with Crippen molar-refractivity contribution < 1.29 is 13.9 Å². The van der Waals surface area contributed by atoms with Gasteiger partial charge < -0.3 is 15.2 Å². The first-order valence-corrected chi connectivity index (χ1v) is 6.57. The standard InChI is InChI=1S/C16H18FNO2/c1-3-9-19-13-5-4-6-14(16(13)18)20-15-10-12(17)8-7-11(15)2/h4-8,10H,3,9,18H2,1-2H3. The summed E-state index contributed by atoms with van der Waals surface area (Å²) in [5.41, 5.74) is 7.28. The maximum Gasteiger partial charge on any atom is 0.154 e. The summed E-state index contributed by atoms with van der Waals surface area (Å²) in [6.07, 6.45) is 0.896. The summed E-state index contributed by atoms with van der Waals surface area (Å²) in [5, 5.41) is 0. The number of anilines is 1. The molecular formula is C16H18FNO2. The molecule has 2 aromatic rings. The summed E-state index contributed by atoms with van der Waals surface area (Å²) >= 11 is 0. The van der Waals surface area contributed by atoms with Gasteiger partial charge in [0.15, 0.2) is 5.75 Å². The Labute approximate surface area is 118 Å². The van der Waals surface area contributed by atoms with E-state index in [1.165, 1.54) is 12.1 Å². The van der Waals surface area contributed by atoms with Crippen LogP contribution >= 0.6 is 0 Å². The number of hydrogen-bond acceptors (Lipinski definition) is 3. The van der Waals surface area contributed by atoms with E-state index in [4.69, 9.17) is 15.2 Å². The molecule has 0 fully saturated rings. The first kappa shape index (κ1) is 14.2. The van der Waals surface area contributed by atoms with Crippen LogP contribution in [0, 0.1) is 12.7 Å². The SMILES string of the molecule is CCCOc1cccc(Oc2cc(F)ccc2C)c1N. The van der Waals surface area contributed by atoms with Crippen molar-refractivity contribution >= 4 is 5.69 Å². The molecule has 106 valence electrons. The van der Waals surface area contributed by atoms with E-state index in [1.54, 1.807) is 24.3 Å². The van der Waals surface area contributed by atoms with Crippen molar-refractivity contribution in [3.8, 4) is 17.2 Å². The van der Waals surface area contributed by atoms with Gasteiger partial charge in [-0.15, -0.1) is 0 Å². The molecule has 0 heterocycles. The monoisotopic (exact) mass is 275 g/mol. The number of rotatable bonds is 5. The highest BCUT2D eigenvalue weighted by molar-refractivity contribution is 5.63. The number of nitrogen functional groups attached to an aromatic ring is 1. The molecular weight excluding hydrogens is 257 g/mol. The van der Waals surface area contributed by atoms with Gasteiger partial charge in [-0.25, -0.2) is 4.39 Å². The molecule has 0 aliphatic carbocycles. The van der Waals surface area contributed by atoms with Gasteiger partial charge in [-0.2, -0.15) is 0 Å². The average molecular weight is 275 g/mol. The maximum atomic E-state index is 13.3. The summed E-state index contributed by atoms with van der Waals surface area (Å²) < 4.78 is 24.5. The number of hydrogen-bond donors (Lipinski definition) is 1. The van der Waals surface area contributed by atoms with Crippen LogP contribution in [0.5, 0.6) is 17.2 Å². The van der Waals surface area contributed by atoms with Crippen LogP contribution in [0.3, 0.4) is 0 Å². The molecule has 2 N–H and O–H groups in total. The van der Waals surface area contributed by atoms with Gasteiger partial charge in [0.2, 0.25) is 0 Å². The van der Waals surface area contributed by atoms with Crippen molar-refractivity contribution in [1.29, 1.82) is 0 Å². The molecule has 0 bridgehead atoms. The summed E-state index contributed by atoms with van der Waals surface area (Å²) in [6.45, 7) is 4.46. The highest BCUT2D eigenvalue weighted by atomic mass is 19.1. The Kier molecular flexibility index (Phi) is 4.45. The van der Waals surface area contributed by atoms with Gasteiger partial charge in [0.25, 0.3) is 0 Å². The third kappa shape index (κ3) is 3.20. The molecule has 0 saturated carbocycles. The average Bonchev–Trinajstić information content (AvgIpc) is 2.44. The fourth-order valence-electron chi connectivity index (χ4n) is 1.75. The van der Waals surface area contributed by atoms with Gasteiger partial charge in [-0.3, -0.25) is 0 Å². The minimum absolute atomic E-state index is 0.345. The second-order valence-corrected chi connectivity index (χ2v) is 4.53. The molecule has 0 aromatic heterocycles. The van der Waals surface area contributed by atoms with E-state index in [-0.39, 0.29) is 5.82 Å². The number of aryl methyl sites for hydroxylation is 1. The molecule has 0 aliphatic rings. The van der Waals surface area contributed by atoms with E-state index in [0.29, 0.717) is 29.5 Å². The van der Waals surface area contributed by atoms with E-state index in [9.17, 15) is 4.39 Å². The van der Waals surface area contributed by atoms with E-state index in [0.717, 1.165) is 12.0 Å². The number of nitrogens with two attached hydrogens (primary N) is 1. The Balaban J connectivity index is 2.27. The molecule has 2 aromatic carbocycles. The number of para-hydroxylation sites is 1. The molecule has 0 spiro atoms. The van der Waals surface area contributed by atoms with Gasteiger partial charge in [0.05, 0.1) is 6.61 Å². The predicted octanol–water partition coefficient (Wildman–Crippen LogP) is 4.30. The third-order valence-corrected chi connectivity index (χ3v) is 2.86. The van der Waals surface area contributed by atoms with Crippen molar-refractivity contribution in [3.05, 3.63) is 47.8 Å². The molecule has 0 saturated heterocycles. The van der Waals surface area contributed by atoms with Crippen molar-refractivity contribution in [3.63, 3.8) is 0 Å². The van der Waals surface area contributed by atoms with Crippen LogP contribution in [0.1, 0.15) is 18.9 Å². The van der Waals surface area contributed by atoms with Gasteiger partial charge in [0.1, 0.15) is 23.0 Å². The fraction of sp³-hybridized carbons (Fsp3) is 0.250. The Morgan fingerprint density at radius 1 is 1.10 bits per heavy atom. The normalized spacial score (nSPS) is 10.3. The maximum absolute atomic E-state index is 13.3. The second-order valence-electron chi connectivity index (χ2n) is 4.53. The van der Waals surface area contributed by atoms with E-state index in [1.807, 2.05) is 13.8 Å². The van der Waals surface area contributed by atoms with Crippen LogP contribution in [-0.2, 0) is 0 Å². The van der Waals surface area contributed by atoms with E-state index < -0.39 is 0 Å². The number of ether oxygens (including phenoxy) is 2. The Morgan fingerprint density at radius 3 is 2.60 bits per heavy atom. The fourth-order valence-corrected chi connectivity index (χ4v) is 1.75. The topological polar surface area (TPSA) is 44.5 Å². The molecule has 0 radical (unpaired) electrons. The molecule has 0 amide bonds. The van der Waals surface area contributed by atoms with Gasteiger partial charge in [-0.1, -0.05) is 19.1 Å².